The fourth-order valence-electron chi connectivity index (χ4n) is 5.02. The Morgan fingerprint density at radius 3 is 2.94 bits per heavy atom. The molecule has 4 heterocycles. The van der Waals surface area contributed by atoms with Gasteiger partial charge in [0.1, 0.15) is 17.0 Å². The lowest BCUT2D eigenvalue weighted by Gasteiger charge is -2.35. The second-order valence-corrected chi connectivity index (χ2v) is 10.1. The second-order valence-electron chi connectivity index (χ2n) is 8.98. The van der Waals surface area contributed by atoms with E-state index in [4.69, 9.17) is 0 Å². The normalized spacial score (nSPS) is 20.4. The van der Waals surface area contributed by atoms with E-state index in [1.54, 1.807) is 17.7 Å². The zero-order valence-electron chi connectivity index (χ0n) is 18.2. The molecule has 8 heteroatoms. The van der Waals surface area contributed by atoms with E-state index in [1.165, 1.54) is 16.0 Å². The van der Waals surface area contributed by atoms with Crippen molar-refractivity contribution in [1.82, 2.24) is 19.8 Å². The van der Waals surface area contributed by atoms with Crippen LogP contribution < -0.4 is 5.32 Å². The molecule has 164 valence electrons. The zero-order valence-corrected chi connectivity index (χ0v) is 19.0. The number of benzene rings is 1. The molecule has 0 saturated carbocycles. The van der Waals surface area contributed by atoms with Gasteiger partial charge in [-0.2, -0.15) is 0 Å². The van der Waals surface area contributed by atoms with Gasteiger partial charge >= 0.3 is 0 Å². The molecule has 3 aromatic rings. The molecule has 7 nitrogen and oxygen atoms in total. The van der Waals surface area contributed by atoms with Gasteiger partial charge in [-0.3, -0.25) is 9.79 Å². The van der Waals surface area contributed by atoms with Gasteiger partial charge in [0.15, 0.2) is 0 Å². The predicted octanol–water partition coefficient (Wildman–Crippen LogP) is 3.25. The summed E-state index contributed by atoms with van der Waals surface area (Å²) >= 11 is 1.72. The Kier molecular flexibility index (Phi) is 4.91. The first-order valence-corrected chi connectivity index (χ1v) is 12.1. The van der Waals surface area contributed by atoms with Gasteiger partial charge < -0.3 is 15.1 Å². The maximum Gasteiger partial charge on any atom is 0.226 e. The Morgan fingerprint density at radius 1 is 1.19 bits per heavy atom. The molecule has 1 fully saturated rings. The quantitative estimate of drug-likeness (QED) is 0.669. The molecule has 0 unspecified atom stereocenters. The van der Waals surface area contributed by atoms with Crippen LogP contribution in [-0.4, -0.2) is 65.1 Å². The molecule has 0 radical (unpaired) electrons. The molecule has 32 heavy (non-hydrogen) atoms. The maximum atomic E-state index is 13.1. The Hall–Kier alpha value is -2.84. The third kappa shape index (κ3) is 3.47. The number of rotatable bonds is 3. The van der Waals surface area contributed by atoms with Gasteiger partial charge in [-0.15, -0.1) is 11.3 Å². The number of hydrogen-bond acceptors (Lipinski definition) is 7. The van der Waals surface area contributed by atoms with E-state index >= 15 is 0 Å². The van der Waals surface area contributed by atoms with Crippen molar-refractivity contribution in [3.8, 4) is 0 Å². The molecule has 6 rings (SSSR count). The monoisotopic (exact) mass is 446 g/mol. The molecular weight excluding hydrogens is 420 g/mol. The molecule has 0 spiro atoms. The Balaban J connectivity index is 1.26. The summed E-state index contributed by atoms with van der Waals surface area (Å²) in [7, 11) is 2.12. The average molecular weight is 447 g/mol. The highest BCUT2D eigenvalue weighted by Gasteiger charge is 2.32. The van der Waals surface area contributed by atoms with Gasteiger partial charge in [-0.1, -0.05) is 6.07 Å². The summed E-state index contributed by atoms with van der Waals surface area (Å²) in [6, 6.07) is 6.34. The minimum absolute atomic E-state index is 0.0827. The number of carbonyl (C=O) groups excluding carboxylic acids is 1. The van der Waals surface area contributed by atoms with E-state index in [0.717, 1.165) is 79.3 Å². The van der Waals surface area contributed by atoms with E-state index in [2.05, 4.69) is 55.3 Å². The minimum Gasteiger partial charge on any atom is -0.340 e. The molecule has 1 atom stereocenters. The van der Waals surface area contributed by atoms with E-state index in [1.807, 2.05) is 6.21 Å². The predicted molar refractivity (Wildman–Crippen MR) is 128 cm³/mol. The summed E-state index contributed by atoms with van der Waals surface area (Å²) in [4.78, 5) is 33.3. The summed E-state index contributed by atoms with van der Waals surface area (Å²) in [5.41, 5.74) is 4.75. The van der Waals surface area contributed by atoms with E-state index < -0.39 is 0 Å². The first-order valence-electron chi connectivity index (χ1n) is 11.3. The van der Waals surface area contributed by atoms with Crippen molar-refractivity contribution >= 4 is 45.2 Å². The standard InChI is InChI=1S/C24H26N6OS/c1-29-6-8-30(9-7-29)24(31)15-3-5-19-20(11-15)32-23-21(19)22(26-14-27-23)28-18-4-2-16-12-25-13-17(16)10-18/h2,4,10,13-15H,3,5-9,11-12H2,1H3,(H,26,27,28)/t15-/m1/s1. The fourth-order valence-corrected chi connectivity index (χ4v) is 6.28. The Bertz CT molecular complexity index is 1230. The topological polar surface area (TPSA) is 73.7 Å². The van der Waals surface area contributed by atoms with Crippen LogP contribution in [0.1, 0.15) is 28.0 Å². The van der Waals surface area contributed by atoms with Crippen molar-refractivity contribution < 1.29 is 4.79 Å². The molecule has 1 saturated heterocycles. The van der Waals surface area contributed by atoms with Crippen LogP contribution in [0.25, 0.3) is 10.2 Å². The Morgan fingerprint density at radius 2 is 2.06 bits per heavy atom. The van der Waals surface area contributed by atoms with Gasteiger partial charge in [-0.25, -0.2) is 9.97 Å². The lowest BCUT2D eigenvalue weighted by molar-refractivity contribution is -0.137. The van der Waals surface area contributed by atoms with E-state index in [-0.39, 0.29) is 5.92 Å². The van der Waals surface area contributed by atoms with Crippen LogP contribution in [0, 0.1) is 5.92 Å². The lowest BCUT2D eigenvalue weighted by atomic mass is 9.86. The third-order valence-electron chi connectivity index (χ3n) is 6.91. The molecule has 1 aromatic carbocycles. The van der Waals surface area contributed by atoms with Crippen molar-refractivity contribution in [2.24, 2.45) is 10.9 Å². The molecule has 1 aliphatic carbocycles. The first kappa shape index (κ1) is 19.8. The van der Waals surface area contributed by atoms with Crippen molar-refractivity contribution in [3.63, 3.8) is 0 Å². The number of thiophene rings is 1. The van der Waals surface area contributed by atoms with Crippen LogP contribution in [0.4, 0.5) is 11.5 Å². The molecule has 0 bridgehead atoms. The molecule has 2 aliphatic heterocycles. The number of nitrogens with zero attached hydrogens (tertiary/aromatic N) is 5. The number of hydrogen-bond donors (Lipinski definition) is 1. The van der Waals surface area contributed by atoms with Gasteiger partial charge in [0.2, 0.25) is 5.91 Å². The Labute approximate surface area is 191 Å². The number of aryl methyl sites for hydroxylation is 1. The average Bonchev–Trinajstić information content (AvgIpc) is 3.43. The van der Waals surface area contributed by atoms with Crippen molar-refractivity contribution in [2.45, 2.75) is 25.8 Å². The van der Waals surface area contributed by atoms with Crippen molar-refractivity contribution in [1.29, 1.82) is 0 Å². The molecule has 3 aliphatic rings. The van der Waals surface area contributed by atoms with Gasteiger partial charge in [0.25, 0.3) is 0 Å². The number of aromatic nitrogens is 2. The molecule has 1 N–H and O–H groups in total. The number of aliphatic imine (C=N–C) groups is 1. The SMILES string of the molecule is CN1CCN(C(=O)[C@@H]2CCc3c(sc4ncnc(Nc5ccc6c(c5)C=NC6)c34)C2)CC1. The largest absolute Gasteiger partial charge is 0.340 e. The van der Waals surface area contributed by atoms with Gasteiger partial charge in [0, 0.05) is 48.9 Å². The van der Waals surface area contributed by atoms with Crippen LogP contribution >= 0.6 is 11.3 Å². The minimum atomic E-state index is 0.0827. The summed E-state index contributed by atoms with van der Waals surface area (Å²) in [5.74, 6) is 1.26. The highest BCUT2D eigenvalue weighted by molar-refractivity contribution is 7.19. The molecular formula is C24H26N6OS. The molecule has 1 amide bonds. The summed E-state index contributed by atoms with van der Waals surface area (Å²) < 4.78 is 0. The maximum absolute atomic E-state index is 13.1. The highest BCUT2D eigenvalue weighted by atomic mass is 32.1. The van der Waals surface area contributed by atoms with Crippen LogP contribution in [0.15, 0.2) is 29.5 Å². The van der Waals surface area contributed by atoms with Crippen molar-refractivity contribution in [3.05, 3.63) is 46.1 Å². The summed E-state index contributed by atoms with van der Waals surface area (Å²) in [5, 5.41) is 4.63. The number of nitrogens with one attached hydrogen (secondary N) is 1. The second kappa shape index (κ2) is 7.94. The number of amides is 1. The smallest absolute Gasteiger partial charge is 0.226 e. The third-order valence-corrected chi connectivity index (χ3v) is 8.07. The number of carbonyl (C=O) groups is 1. The van der Waals surface area contributed by atoms with Crippen LogP contribution in [-0.2, 0) is 24.2 Å². The fraction of sp³-hybridized carbons (Fsp3) is 0.417. The molecule has 2 aromatic heterocycles. The highest BCUT2D eigenvalue weighted by Crippen LogP contribution is 2.41. The van der Waals surface area contributed by atoms with Gasteiger partial charge in [0.05, 0.1) is 11.9 Å². The van der Waals surface area contributed by atoms with Crippen LogP contribution in [0.2, 0.25) is 0 Å². The van der Waals surface area contributed by atoms with Crippen molar-refractivity contribution in [2.75, 3.05) is 38.5 Å². The first-order chi connectivity index (χ1) is 15.7. The number of fused-ring (bicyclic) bond motifs is 4. The lowest BCUT2D eigenvalue weighted by Crippen LogP contribution is -2.49. The number of anilines is 2. The van der Waals surface area contributed by atoms with E-state index in [9.17, 15) is 4.79 Å². The summed E-state index contributed by atoms with van der Waals surface area (Å²) in [6.45, 7) is 4.38. The van der Waals surface area contributed by atoms with Gasteiger partial charge in [-0.05, 0) is 55.1 Å². The number of piperazine rings is 1. The van der Waals surface area contributed by atoms with Crippen LogP contribution in [0.5, 0.6) is 0 Å². The van der Waals surface area contributed by atoms with Crippen LogP contribution in [0.3, 0.4) is 0 Å². The van der Waals surface area contributed by atoms with E-state index in [0.29, 0.717) is 5.91 Å². The number of likely N-dealkylation sites (N-methyl/N-ethyl adjacent to an activating group) is 1. The summed E-state index contributed by atoms with van der Waals surface area (Å²) in [6.07, 6.45) is 6.18. The zero-order chi connectivity index (χ0) is 21.7.